The second kappa shape index (κ2) is 22.6. The van der Waals surface area contributed by atoms with Crippen molar-refractivity contribution in [3.05, 3.63) is 279 Å². The fourth-order valence-electron chi connectivity index (χ4n) is 17.8. The van der Waals surface area contributed by atoms with Crippen molar-refractivity contribution in [3.8, 4) is 43.8 Å². The van der Waals surface area contributed by atoms with E-state index in [1.165, 1.54) is 121 Å². The highest BCUT2D eigenvalue weighted by Crippen LogP contribution is 2.71. The third-order valence-electron chi connectivity index (χ3n) is 21.8. The number of fused-ring (bicyclic) bond motifs is 12. The van der Waals surface area contributed by atoms with Crippen LogP contribution in [0.4, 0.5) is 34.1 Å². The molecule has 0 unspecified atom stereocenters. The van der Waals surface area contributed by atoms with E-state index in [1.54, 1.807) is 16.7 Å². The molecule has 0 N–H and O–H groups in total. The van der Waals surface area contributed by atoms with Gasteiger partial charge in [0.25, 0.3) is 6.71 Å². The molecule has 0 saturated heterocycles. The second-order valence-electron chi connectivity index (χ2n) is 26.1. The van der Waals surface area contributed by atoms with Crippen LogP contribution >= 0.6 is 11.3 Å². The Balaban J connectivity index is 1.04. The molecule has 0 aliphatic heterocycles. The number of benzene rings is 10. The number of hydrogen-bond acceptors (Lipinski definition) is 3. The molecule has 89 heavy (non-hydrogen) atoms. The lowest BCUT2D eigenvalue weighted by molar-refractivity contribution is 0.473. The van der Waals surface area contributed by atoms with Gasteiger partial charge in [-0.2, -0.15) is 0 Å². The van der Waals surface area contributed by atoms with Gasteiger partial charge in [-0.05, 0) is 242 Å². The van der Waals surface area contributed by atoms with Crippen molar-refractivity contribution in [2.75, 3.05) is 9.80 Å². The van der Waals surface area contributed by atoms with E-state index >= 15 is 0 Å². The summed E-state index contributed by atoms with van der Waals surface area (Å²) in [5, 5.41) is 0. The molecule has 1 aromatic heterocycles. The maximum absolute atomic E-state index is 2.68. The SMILES string of the molecule is CCC1(CC)c2cc(-c3ccc(B(c4c(C)cc(C)cc4C)c4c(C)cc(C)cc4C)s3)ccc2-c2c1c1c(c3c2C(CC)(CC)c2cc(N(c4ccccc4)c4ccccc4)ccc2-3)C(CC)(CC)c2cc(N(c3ccccc3)c3ccccc3)ccc2-1. The summed E-state index contributed by atoms with van der Waals surface area (Å²) in [7, 11) is 0. The molecule has 11 aromatic rings. The first-order valence-corrected chi connectivity index (χ1v) is 33.9. The van der Waals surface area contributed by atoms with Gasteiger partial charge in [0.15, 0.2) is 0 Å². The Morgan fingerprint density at radius 3 is 0.966 bits per heavy atom. The lowest BCUT2D eigenvalue weighted by atomic mass is 9.37. The van der Waals surface area contributed by atoms with Crippen LogP contribution in [-0.2, 0) is 16.2 Å². The number of anilines is 6. The van der Waals surface area contributed by atoms with E-state index in [9.17, 15) is 0 Å². The molecule has 14 rings (SSSR count). The number of aryl methyl sites for hydroxylation is 6. The highest BCUT2D eigenvalue weighted by atomic mass is 32.1. The van der Waals surface area contributed by atoms with Crippen LogP contribution < -0.4 is 25.5 Å². The summed E-state index contributed by atoms with van der Waals surface area (Å²) in [6.45, 7) is 28.9. The predicted octanol–water partition coefficient (Wildman–Crippen LogP) is 22.0. The molecule has 3 aliphatic carbocycles. The largest absolute Gasteiger partial charge is 0.310 e. The molecule has 0 bridgehead atoms. The molecule has 0 radical (unpaired) electrons. The fraction of sp³-hybridized carbons (Fsp3) is 0.247. The van der Waals surface area contributed by atoms with E-state index in [0.29, 0.717) is 0 Å². The van der Waals surface area contributed by atoms with Gasteiger partial charge in [-0.1, -0.05) is 213 Å². The topological polar surface area (TPSA) is 6.48 Å². The van der Waals surface area contributed by atoms with Gasteiger partial charge in [-0.15, -0.1) is 11.3 Å². The minimum Gasteiger partial charge on any atom is -0.310 e. The van der Waals surface area contributed by atoms with Gasteiger partial charge in [0.1, 0.15) is 0 Å². The normalized spacial score (nSPS) is 14.2. The van der Waals surface area contributed by atoms with Gasteiger partial charge in [-0.25, -0.2) is 0 Å². The van der Waals surface area contributed by atoms with Gasteiger partial charge >= 0.3 is 0 Å². The second-order valence-corrected chi connectivity index (χ2v) is 27.2. The molecule has 4 heteroatoms. The molecule has 0 spiro atoms. The fourth-order valence-corrected chi connectivity index (χ4v) is 18.9. The minimum absolute atomic E-state index is 0.125. The van der Waals surface area contributed by atoms with Crippen LogP contribution in [0.2, 0.25) is 0 Å². The van der Waals surface area contributed by atoms with Crippen molar-refractivity contribution < 1.29 is 0 Å². The first kappa shape index (κ1) is 58.3. The van der Waals surface area contributed by atoms with Gasteiger partial charge in [0.05, 0.1) is 0 Å². The number of thiophene rings is 1. The molecule has 3 aliphatic rings. The summed E-state index contributed by atoms with van der Waals surface area (Å²) < 4.78 is 1.40. The third kappa shape index (κ3) is 8.77. The zero-order chi connectivity index (χ0) is 61.7. The van der Waals surface area contributed by atoms with E-state index in [2.05, 4.69) is 305 Å². The maximum atomic E-state index is 2.68. The Kier molecular flexibility index (Phi) is 14.8. The smallest absolute Gasteiger partial charge is 0.255 e. The Morgan fingerprint density at radius 1 is 0.326 bits per heavy atom. The Labute approximate surface area is 535 Å². The van der Waals surface area contributed by atoms with Crippen LogP contribution in [0, 0.1) is 41.5 Å². The van der Waals surface area contributed by atoms with Crippen molar-refractivity contribution in [2.45, 2.75) is 138 Å². The van der Waals surface area contributed by atoms with Crippen molar-refractivity contribution in [1.29, 1.82) is 0 Å². The standard InChI is InChI=1S/C85H83BN2S/c1-13-83(14-2)70-51-60(73-45-46-74(89-73)86(81-56(9)47-54(7)48-57(81)10)82-58(11)49-55(8)50-59(82)12)39-42-67(70)75-78(83)76-68-43-40-65(87(61-31-23-19-24-32-61)62-33-25-20-26-34-62)52-71(68)85(17-5,18-6)80(76)77-69-44-41-66(53-72(69)84(15-3,16-4)79(75)77)88(63-35-27-21-28-36-63)64-37-29-22-30-38-64/h19-53H,13-18H2,1-12H3. The molecule has 2 nitrogen and oxygen atoms in total. The van der Waals surface area contributed by atoms with Gasteiger partial charge in [-0.3, -0.25) is 0 Å². The van der Waals surface area contributed by atoms with Crippen molar-refractivity contribution in [2.24, 2.45) is 0 Å². The lowest BCUT2D eigenvalue weighted by Gasteiger charge is -2.37. The summed E-state index contributed by atoms with van der Waals surface area (Å²) >= 11 is 2.00. The van der Waals surface area contributed by atoms with E-state index in [0.717, 1.165) is 61.3 Å². The van der Waals surface area contributed by atoms with Gasteiger partial charge < -0.3 is 9.80 Å². The number of rotatable bonds is 16. The first-order chi connectivity index (χ1) is 43.3. The summed E-state index contributed by atoms with van der Waals surface area (Å²) in [5.41, 5.74) is 36.4. The number of hydrogen-bond donors (Lipinski definition) is 0. The van der Waals surface area contributed by atoms with Crippen LogP contribution in [0.3, 0.4) is 0 Å². The Morgan fingerprint density at radius 2 is 0.640 bits per heavy atom. The first-order valence-electron chi connectivity index (χ1n) is 33.1. The van der Waals surface area contributed by atoms with Crippen molar-refractivity contribution in [1.82, 2.24) is 0 Å². The predicted molar refractivity (Wildman–Crippen MR) is 385 cm³/mol. The van der Waals surface area contributed by atoms with Crippen LogP contribution in [0.1, 0.15) is 147 Å². The van der Waals surface area contributed by atoms with Gasteiger partial charge in [0.2, 0.25) is 0 Å². The average Bonchev–Trinajstić information content (AvgIpc) is 1.49. The minimum atomic E-state index is -0.272. The summed E-state index contributed by atoms with van der Waals surface area (Å²) in [4.78, 5) is 6.28. The molecule has 442 valence electrons. The average molecular weight is 1180 g/mol. The summed E-state index contributed by atoms with van der Waals surface area (Å²) in [5.74, 6) is 0. The molecule has 1 heterocycles. The molecule has 10 aromatic carbocycles. The van der Waals surface area contributed by atoms with Crippen LogP contribution in [-0.4, -0.2) is 6.71 Å². The van der Waals surface area contributed by atoms with E-state index in [4.69, 9.17) is 0 Å². The zero-order valence-electron chi connectivity index (χ0n) is 54.3. The number of para-hydroxylation sites is 4. The molecular formula is C85H83BN2S. The van der Waals surface area contributed by atoms with Crippen molar-refractivity contribution in [3.63, 3.8) is 0 Å². The Bertz CT molecular complexity index is 4250. The van der Waals surface area contributed by atoms with E-state index < -0.39 is 0 Å². The molecule has 0 amide bonds. The summed E-state index contributed by atoms with van der Waals surface area (Å²) in [6.07, 6.45) is 5.92. The van der Waals surface area contributed by atoms with Crippen LogP contribution in [0.5, 0.6) is 0 Å². The third-order valence-corrected chi connectivity index (χ3v) is 23.0. The number of nitrogens with zero attached hydrogens (tertiary/aromatic N) is 2. The lowest BCUT2D eigenvalue weighted by Crippen LogP contribution is -2.54. The van der Waals surface area contributed by atoms with Crippen LogP contribution in [0.15, 0.2) is 212 Å². The molecule has 0 atom stereocenters. The van der Waals surface area contributed by atoms with Crippen LogP contribution in [0.25, 0.3) is 43.8 Å². The quantitative estimate of drug-likeness (QED) is 0.0890. The van der Waals surface area contributed by atoms with E-state index in [1.807, 2.05) is 11.3 Å². The maximum Gasteiger partial charge on any atom is 0.255 e. The van der Waals surface area contributed by atoms with Gasteiger partial charge in [0, 0.05) is 55.2 Å². The highest BCUT2D eigenvalue weighted by Gasteiger charge is 2.56. The molecule has 0 fully saturated rings. The highest BCUT2D eigenvalue weighted by molar-refractivity contribution is 7.29. The van der Waals surface area contributed by atoms with Crippen molar-refractivity contribution >= 4 is 67.9 Å². The molecule has 0 saturated carbocycles. The zero-order valence-corrected chi connectivity index (χ0v) is 55.1. The molecular weight excluding hydrogens is 1090 g/mol. The monoisotopic (exact) mass is 1170 g/mol. The van der Waals surface area contributed by atoms with E-state index in [-0.39, 0.29) is 23.0 Å². The Hall–Kier alpha value is -8.44. The summed E-state index contributed by atoms with van der Waals surface area (Å²) in [6, 6.07) is 81.4.